The molecule has 0 aromatic heterocycles. The standard InChI is InChI=1S/C54H107NO3/c1-3-5-7-9-10-11-12-13-14-15-16-17-18-19-20-21-22-23-24-25-26-27-28-29-30-31-32-33-34-35-36-37-38-39-40-41-42-43-44-46-48-50-54(58)55-52(51-56)53(57)49-47-45-8-6-4-2/h15-16,52-53,56-57H,3-14,17-51H2,1-2H3,(H,55,58)/b16-15-. The minimum absolute atomic E-state index is 0.0325. The van der Waals surface area contributed by atoms with E-state index in [1.807, 2.05) is 0 Å². The van der Waals surface area contributed by atoms with Crippen LogP contribution in [0, 0.1) is 0 Å². The Bertz CT molecular complexity index is 799. The molecular formula is C54H107NO3. The molecule has 1 amide bonds. The van der Waals surface area contributed by atoms with Gasteiger partial charge in [0.15, 0.2) is 0 Å². The second-order valence-electron chi connectivity index (χ2n) is 18.7. The molecule has 2 atom stereocenters. The van der Waals surface area contributed by atoms with E-state index in [-0.39, 0.29) is 12.5 Å². The quantitative estimate of drug-likeness (QED) is 0.0423. The van der Waals surface area contributed by atoms with Crippen molar-refractivity contribution in [1.82, 2.24) is 5.32 Å². The van der Waals surface area contributed by atoms with Gasteiger partial charge in [0.1, 0.15) is 0 Å². The van der Waals surface area contributed by atoms with Crippen LogP contribution in [-0.4, -0.2) is 34.9 Å². The lowest BCUT2D eigenvalue weighted by atomic mass is 10.0. The molecule has 0 fully saturated rings. The van der Waals surface area contributed by atoms with Gasteiger partial charge >= 0.3 is 0 Å². The van der Waals surface area contributed by atoms with Crippen LogP contribution in [0.1, 0.15) is 309 Å². The zero-order valence-corrected chi connectivity index (χ0v) is 39.8. The first-order chi connectivity index (χ1) is 28.7. The second kappa shape index (κ2) is 50.5. The largest absolute Gasteiger partial charge is 0.394 e. The minimum Gasteiger partial charge on any atom is -0.394 e. The number of aliphatic hydroxyl groups is 2. The third-order valence-corrected chi connectivity index (χ3v) is 12.8. The van der Waals surface area contributed by atoms with Gasteiger partial charge in [0.2, 0.25) is 5.91 Å². The molecular weight excluding hydrogens is 711 g/mol. The molecule has 0 heterocycles. The van der Waals surface area contributed by atoms with E-state index in [1.54, 1.807) is 0 Å². The molecule has 0 aliphatic rings. The molecule has 0 rings (SSSR count). The molecule has 0 spiro atoms. The van der Waals surface area contributed by atoms with Gasteiger partial charge in [-0.05, 0) is 38.5 Å². The van der Waals surface area contributed by atoms with Crippen LogP contribution in [0.3, 0.4) is 0 Å². The Morgan fingerprint density at radius 1 is 0.397 bits per heavy atom. The summed E-state index contributed by atoms with van der Waals surface area (Å²) in [5, 5.41) is 22.8. The Labute approximate surface area is 365 Å². The van der Waals surface area contributed by atoms with Crippen LogP contribution >= 0.6 is 0 Å². The van der Waals surface area contributed by atoms with Crippen molar-refractivity contribution >= 4 is 5.91 Å². The summed E-state index contributed by atoms with van der Waals surface area (Å²) in [5.74, 6) is -0.0325. The van der Waals surface area contributed by atoms with Crippen LogP contribution < -0.4 is 5.32 Å². The average Bonchev–Trinajstić information content (AvgIpc) is 3.23. The van der Waals surface area contributed by atoms with E-state index >= 15 is 0 Å². The zero-order valence-electron chi connectivity index (χ0n) is 39.8. The third-order valence-electron chi connectivity index (χ3n) is 12.8. The van der Waals surface area contributed by atoms with Crippen molar-refractivity contribution in [3.63, 3.8) is 0 Å². The summed E-state index contributed by atoms with van der Waals surface area (Å²) in [6.07, 6.45) is 65.5. The highest BCUT2D eigenvalue weighted by Crippen LogP contribution is 2.18. The van der Waals surface area contributed by atoms with Gasteiger partial charge in [-0.25, -0.2) is 0 Å². The molecule has 2 unspecified atom stereocenters. The summed E-state index contributed by atoms with van der Waals surface area (Å²) < 4.78 is 0. The number of carbonyl (C=O) groups is 1. The number of allylic oxidation sites excluding steroid dienone is 2. The van der Waals surface area contributed by atoms with Crippen molar-refractivity contribution in [2.24, 2.45) is 0 Å². The van der Waals surface area contributed by atoms with Crippen LogP contribution in [0.25, 0.3) is 0 Å². The maximum absolute atomic E-state index is 12.3. The Morgan fingerprint density at radius 2 is 0.655 bits per heavy atom. The maximum Gasteiger partial charge on any atom is 0.220 e. The van der Waals surface area contributed by atoms with Crippen LogP contribution in [-0.2, 0) is 4.79 Å². The normalized spacial score (nSPS) is 12.8. The van der Waals surface area contributed by atoms with Gasteiger partial charge in [0.05, 0.1) is 18.8 Å². The maximum atomic E-state index is 12.3. The van der Waals surface area contributed by atoms with Gasteiger partial charge in [0.25, 0.3) is 0 Å². The predicted molar refractivity (Wildman–Crippen MR) is 258 cm³/mol. The highest BCUT2D eigenvalue weighted by molar-refractivity contribution is 5.76. The van der Waals surface area contributed by atoms with Crippen molar-refractivity contribution < 1.29 is 15.0 Å². The van der Waals surface area contributed by atoms with Crippen molar-refractivity contribution in [1.29, 1.82) is 0 Å². The highest BCUT2D eigenvalue weighted by atomic mass is 16.3. The summed E-state index contributed by atoms with van der Waals surface area (Å²) in [4.78, 5) is 12.3. The Kier molecular flexibility index (Phi) is 49.7. The fourth-order valence-electron chi connectivity index (χ4n) is 8.65. The minimum atomic E-state index is -0.651. The number of rotatable bonds is 50. The molecule has 4 heteroatoms. The highest BCUT2D eigenvalue weighted by Gasteiger charge is 2.20. The van der Waals surface area contributed by atoms with E-state index in [2.05, 4.69) is 31.3 Å². The van der Waals surface area contributed by atoms with Crippen LogP contribution in [0.15, 0.2) is 12.2 Å². The number of unbranched alkanes of at least 4 members (excludes halogenated alkanes) is 41. The van der Waals surface area contributed by atoms with Gasteiger partial charge < -0.3 is 15.5 Å². The van der Waals surface area contributed by atoms with Crippen molar-refractivity contribution in [3.8, 4) is 0 Å². The van der Waals surface area contributed by atoms with Gasteiger partial charge in [-0.2, -0.15) is 0 Å². The predicted octanol–water partition coefficient (Wildman–Crippen LogP) is 17.4. The van der Waals surface area contributed by atoms with E-state index in [4.69, 9.17) is 0 Å². The topological polar surface area (TPSA) is 69.6 Å². The number of amides is 1. The Balaban J connectivity index is 3.24. The van der Waals surface area contributed by atoms with Crippen LogP contribution in [0.5, 0.6) is 0 Å². The van der Waals surface area contributed by atoms with Crippen molar-refractivity contribution in [2.45, 2.75) is 321 Å². The summed E-state index contributed by atoms with van der Waals surface area (Å²) in [6, 6.07) is -0.527. The van der Waals surface area contributed by atoms with Crippen LogP contribution in [0.2, 0.25) is 0 Å². The first-order valence-corrected chi connectivity index (χ1v) is 26.9. The average molecular weight is 818 g/mol. The smallest absolute Gasteiger partial charge is 0.220 e. The van der Waals surface area contributed by atoms with Crippen molar-refractivity contribution in [3.05, 3.63) is 12.2 Å². The van der Waals surface area contributed by atoms with Gasteiger partial charge in [-0.1, -0.05) is 276 Å². The zero-order chi connectivity index (χ0) is 42.1. The monoisotopic (exact) mass is 818 g/mol. The van der Waals surface area contributed by atoms with E-state index in [0.29, 0.717) is 12.8 Å². The number of hydrogen-bond acceptors (Lipinski definition) is 3. The fraction of sp³-hybridized carbons (Fsp3) is 0.944. The number of aliphatic hydroxyl groups excluding tert-OH is 2. The first-order valence-electron chi connectivity index (χ1n) is 26.9. The van der Waals surface area contributed by atoms with Gasteiger partial charge in [-0.15, -0.1) is 0 Å². The summed E-state index contributed by atoms with van der Waals surface area (Å²) in [6.45, 7) is 4.30. The molecule has 0 aliphatic heterocycles. The molecule has 0 aromatic rings. The molecule has 58 heavy (non-hydrogen) atoms. The van der Waals surface area contributed by atoms with Crippen LogP contribution in [0.4, 0.5) is 0 Å². The van der Waals surface area contributed by atoms with Gasteiger partial charge in [0, 0.05) is 6.42 Å². The first kappa shape index (κ1) is 57.1. The molecule has 0 saturated carbocycles. The molecule has 3 N–H and O–H groups in total. The Morgan fingerprint density at radius 3 is 0.948 bits per heavy atom. The van der Waals surface area contributed by atoms with Crippen molar-refractivity contribution in [2.75, 3.05) is 6.61 Å². The molecule has 0 radical (unpaired) electrons. The molecule has 0 saturated heterocycles. The molecule has 0 aromatic carbocycles. The van der Waals surface area contributed by atoms with E-state index in [0.717, 1.165) is 25.7 Å². The number of nitrogens with one attached hydrogen (secondary N) is 1. The lowest BCUT2D eigenvalue weighted by Crippen LogP contribution is -2.45. The molecule has 0 bridgehead atoms. The summed E-state index contributed by atoms with van der Waals surface area (Å²) in [7, 11) is 0. The molecule has 0 aliphatic carbocycles. The van der Waals surface area contributed by atoms with E-state index in [9.17, 15) is 15.0 Å². The SMILES string of the molecule is CCCCCCCCCC/C=C\CCCCCCCCCCCCCCCCCCCCCCCCCCCCCCCC(=O)NC(CO)C(O)CCCCCCC. The lowest BCUT2D eigenvalue weighted by molar-refractivity contribution is -0.123. The fourth-order valence-corrected chi connectivity index (χ4v) is 8.65. The number of carbonyl (C=O) groups excluding carboxylic acids is 1. The Hall–Kier alpha value is -0.870. The molecule has 4 nitrogen and oxygen atoms in total. The van der Waals surface area contributed by atoms with Gasteiger partial charge in [-0.3, -0.25) is 4.79 Å². The number of hydrogen-bond donors (Lipinski definition) is 3. The van der Waals surface area contributed by atoms with E-state index in [1.165, 1.54) is 257 Å². The summed E-state index contributed by atoms with van der Waals surface area (Å²) in [5.41, 5.74) is 0. The summed E-state index contributed by atoms with van der Waals surface area (Å²) >= 11 is 0. The third kappa shape index (κ3) is 46.2. The van der Waals surface area contributed by atoms with E-state index < -0.39 is 12.1 Å². The lowest BCUT2D eigenvalue weighted by Gasteiger charge is -2.22. The molecule has 346 valence electrons. The second-order valence-corrected chi connectivity index (χ2v) is 18.7.